The molecule has 0 unspecified atom stereocenters. The predicted octanol–water partition coefficient (Wildman–Crippen LogP) is 2.31. The van der Waals surface area contributed by atoms with E-state index in [1.54, 1.807) is 0 Å². The molecule has 0 saturated heterocycles. The highest BCUT2D eigenvalue weighted by Gasteiger charge is 2.26. The van der Waals surface area contributed by atoms with Crippen LogP contribution in [0.5, 0.6) is 0 Å². The van der Waals surface area contributed by atoms with E-state index in [0.717, 1.165) is 60.8 Å². The lowest BCUT2D eigenvalue weighted by atomic mass is 9.93. The van der Waals surface area contributed by atoms with Gasteiger partial charge < -0.3 is 23.9 Å². The standard InChI is InChI=1S/C27H20N4.ClH/c1-31-23-15-19(29)12-20-25(23)24-21(27(31)17-10-6-3-7-11-17)13-18(28)14-22(24)30-26(20)16-8-4-2-5-9-16;/h2-15,29H,28H2,1H3;1H. The molecule has 2 aromatic heterocycles. The van der Waals surface area contributed by atoms with Crippen molar-refractivity contribution in [1.82, 2.24) is 4.98 Å². The summed E-state index contributed by atoms with van der Waals surface area (Å²) in [5.74, 6) is 0. The molecule has 32 heavy (non-hydrogen) atoms. The molecule has 0 radical (unpaired) electrons. The van der Waals surface area contributed by atoms with Crippen molar-refractivity contribution in [2.24, 2.45) is 7.05 Å². The number of nitrogens with two attached hydrogens (primary N) is 2. The zero-order chi connectivity index (χ0) is 21.1. The number of nitrogens with zero attached hydrogens (tertiary/aromatic N) is 2. The van der Waals surface area contributed by atoms with Gasteiger partial charge in [0.2, 0.25) is 11.2 Å². The molecule has 0 fully saturated rings. The summed E-state index contributed by atoms with van der Waals surface area (Å²) in [6, 6.07) is 28.8. The third kappa shape index (κ3) is 2.84. The molecule has 4 aromatic carbocycles. The molecule has 0 saturated carbocycles. The number of pyridine rings is 2. The summed E-state index contributed by atoms with van der Waals surface area (Å²) in [7, 11) is 2.09. The highest BCUT2D eigenvalue weighted by atomic mass is 35.5. The molecule has 4 nitrogen and oxygen atoms in total. The minimum absolute atomic E-state index is 0. The summed E-state index contributed by atoms with van der Waals surface area (Å²) in [4.78, 5) is 5.10. The van der Waals surface area contributed by atoms with Crippen molar-refractivity contribution >= 4 is 44.0 Å². The van der Waals surface area contributed by atoms with Crippen molar-refractivity contribution < 1.29 is 17.0 Å². The molecule has 0 amide bonds. The Balaban J connectivity index is 0.00000216. The minimum Gasteiger partial charge on any atom is -1.00 e. The molecule has 5 heteroatoms. The molecule has 6 aromatic rings. The second-order valence-electron chi connectivity index (χ2n) is 8.03. The number of rotatable bonds is 2. The van der Waals surface area contributed by atoms with Crippen LogP contribution in [0.2, 0.25) is 0 Å². The maximum absolute atomic E-state index is 6.40. The molecular weight excluding hydrogens is 416 g/mol. The minimum atomic E-state index is 0. The number of hydrogen-bond donors (Lipinski definition) is 2. The first-order valence-electron chi connectivity index (χ1n) is 10.3. The zero-order valence-electron chi connectivity index (χ0n) is 17.5. The highest BCUT2D eigenvalue weighted by Crippen LogP contribution is 2.41. The van der Waals surface area contributed by atoms with Gasteiger partial charge in [0, 0.05) is 39.3 Å². The normalized spacial score (nSPS) is 11.3. The first kappa shape index (κ1) is 20.0. The van der Waals surface area contributed by atoms with Crippen LogP contribution in [0.1, 0.15) is 0 Å². The molecule has 6 rings (SSSR count). The summed E-state index contributed by atoms with van der Waals surface area (Å²) in [6.45, 7) is 0. The topological polar surface area (TPSA) is 68.8 Å². The number of anilines is 2. The summed E-state index contributed by atoms with van der Waals surface area (Å²) >= 11 is 0. The number of aryl methyl sites for hydroxylation is 1. The van der Waals surface area contributed by atoms with E-state index in [9.17, 15) is 0 Å². The van der Waals surface area contributed by atoms with Gasteiger partial charge in [0.05, 0.1) is 22.0 Å². The zero-order valence-corrected chi connectivity index (χ0v) is 18.3. The molecule has 0 aliphatic rings. The van der Waals surface area contributed by atoms with Gasteiger partial charge in [-0.25, -0.2) is 4.98 Å². The lowest BCUT2D eigenvalue weighted by Gasteiger charge is -2.16. The van der Waals surface area contributed by atoms with Crippen molar-refractivity contribution in [2.45, 2.75) is 0 Å². The number of benzene rings is 4. The van der Waals surface area contributed by atoms with Crippen molar-refractivity contribution in [3.63, 3.8) is 0 Å². The lowest BCUT2D eigenvalue weighted by Crippen LogP contribution is -3.00. The van der Waals surface area contributed by atoms with Gasteiger partial charge in [0.1, 0.15) is 7.05 Å². The first-order valence-corrected chi connectivity index (χ1v) is 10.3. The smallest absolute Gasteiger partial charge is 0.220 e. The van der Waals surface area contributed by atoms with E-state index in [1.807, 2.05) is 36.4 Å². The van der Waals surface area contributed by atoms with Crippen LogP contribution in [0, 0.1) is 0 Å². The van der Waals surface area contributed by atoms with Gasteiger partial charge in [-0.2, -0.15) is 4.57 Å². The average Bonchev–Trinajstić information content (AvgIpc) is 2.78. The van der Waals surface area contributed by atoms with Crippen LogP contribution in [0.4, 0.5) is 11.4 Å². The second-order valence-corrected chi connectivity index (χ2v) is 8.03. The molecule has 4 N–H and O–H groups in total. The van der Waals surface area contributed by atoms with Crippen LogP contribution in [0.25, 0.3) is 55.1 Å². The van der Waals surface area contributed by atoms with E-state index >= 15 is 0 Å². The fourth-order valence-corrected chi connectivity index (χ4v) is 4.79. The molecule has 0 bridgehead atoms. The third-order valence-corrected chi connectivity index (χ3v) is 6.06. The predicted molar refractivity (Wildman–Crippen MR) is 129 cm³/mol. The van der Waals surface area contributed by atoms with Gasteiger partial charge >= 0.3 is 0 Å². The van der Waals surface area contributed by atoms with Crippen molar-refractivity contribution in [3.8, 4) is 22.5 Å². The van der Waals surface area contributed by atoms with Crippen LogP contribution in [-0.4, -0.2) is 4.98 Å². The van der Waals surface area contributed by atoms with Gasteiger partial charge in [-0.05, 0) is 30.3 Å². The average molecular weight is 437 g/mol. The molecule has 0 atom stereocenters. The van der Waals surface area contributed by atoms with Crippen LogP contribution in [-0.2, 0) is 7.05 Å². The van der Waals surface area contributed by atoms with Crippen LogP contribution < -0.4 is 28.4 Å². The van der Waals surface area contributed by atoms with Crippen molar-refractivity contribution in [2.75, 3.05) is 11.5 Å². The Bertz CT molecular complexity index is 1600. The largest absolute Gasteiger partial charge is 1.00 e. The Morgan fingerprint density at radius 1 is 0.688 bits per heavy atom. The summed E-state index contributed by atoms with van der Waals surface area (Å²) in [5.41, 5.74) is 20.4. The number of nitrogen functional groups attached to an aromatic ring is 2. The van der Waals surface area contributed by atoms with Gasteiger partial charge in [-0.3, -0.25) is 0 Å². The number of halogens is 1. The maximum atomic E-state index is 6.40. The number of hydrogen-bond acceptors (Lipinski definition) is 3. The Morgan fingerprint density at radius 2 is 1.28 bits per heavy atom. The summed E-state index contributed by atoms with van der Waals surface area (Å²) in [6.07, 6.45) is 0. The third-order valence-electron chi connectivity index (χ3n) is 6.06. The van der Waals surface area contributed by atoms with Crippen molar-refractivity contribution in [1.29, 1.82) is 0 Å². The Labute approximate surface area is 191 Å². The maximum Gasteiger partial charge on any atom is 0.220 e. The summed E-state index contributed by atoms with van der Waals surface area (Å²) < 4.78 is 2.23. The van der Waals surface area contributed by atoms with E-state index in [1.165, 1.54) is 0 Å². The van der Waals surface area contributed by atoms with E-state index in [2.05, 4.69) is 60.1 Å². The Morgan fingerprint density at radius 3 is 1.97 bits per heavy atom. The van der Waals surface area contributed by atoms with Gasteiger partial charge in [0.15, 0.2) is 0 Å². The monoisotopic (exact) mass is 436 g/mol. The van der Waals surface area contributed by atoms with E-state index < -0.39 is 0 Å². The van der Waals surface area contributed by atoms with E-state index in [0.29, 0.717) is 5.69 Å². The highest BCUT2D eigenvalue weighted by molar-refractivity contribution is 6.25. The second kappa shape index (κ2) is 7.36. The van der Waals surface area contributed by atoms with Gasteiger partial charge in [-0.1, -0.05) is 48.5 Å². The van der Waals surface area contributed by atoms with Crippen LogP contribution in [0.15, 0.2) is 84.9 Å². The lowest BCUT2D eigenvalue weighted by molar-refractivity contribution is -0.632. The fraction of sp³-hybridized carbons (Fsp3) is 0.0370. The van der Waals surface area contributed by atoms with Gasteiger partial charge in [0.25, 0.3) is 0 Å². The summed E-state index contributed by atoms with van der Waals surface area (Å²) in [5, 5.41) is 4.43. The van der Waals surface area contributed by atoms with Crippen LogP contribution in [0.3, 0.4) is 0 Å². The molecule has 0 spiro atoms. The quantitative estimate of drug-likeness (QED) is 0.248. The molecule has 2 heterocycles. The SMILES string of the molecule is C[n+]1c(-c2ccccc2)c2cc(N)cc3nc(-c4ccccc4)c4cc(N)cc1c4c32.[Cl-]. The van der Waals surface area contributed by atoms with E-state index in [-0.39, 0.29) is 12.4 Å². The first-order chi connectivity index (χ1) is 15.1. The van der Waals surface area contributed by atoms with Crippen molar-refractivity contribution in [3.05, 3.63) is 84.9 Å². The van der Waals surface area contributed by atoms with E-state index in [4.69, 9.17) is 16.5 Å². The Kier molecular flexibility index (Phi) is 4.61. The molecule has 0 aliphatic heterocycles. The molecule has 0 aliphatic carbocycles. The Hall–Kier alpha value is -3.89. The van der Waals surface area contributed by atoms with Gasteiger partial charge in [-0.15, -0.1) is 0 Å². The van der Waals surface area contributed by atoms with Crippen LogP contribution >= 0.6 is 0 Å². The fourth-order valence-electron chi connectivity index (χ4n) is 4.79. The number of aromatic nitrogens is 2. The molecule has 156 valence electrons. The molecular formula is C27H21ClN4.